The molecule has 0 radical (unpaired) electrons. The Morgan fingerprint density at radius 3 is 2.55 bits per heavy atom. The number of hydrogen-bond donors (Lipinski definition) is 0. The number of aromatic nitrogens is 2. The van der Waals surface area contributed by atoms with Crippen molar-refractivity contribution in [3.8, 4) is 17.7 Å². The van der Waals surface area contributed by atoms with Crippen LogP contribution in [0.1, 0.15) is 16.1 Å². The molecule has 1 aromatic heterocycles. The minimum absolute atomic E-state index is 0.115. The molecule has 0 saturated carbocycles. The number of benzene rings is 1. The highest BCUT2D eigenvalue weighted by Gasteiger charge is 2.08. The van der Waals surface area contributed by atoms with Crippen LogP contribution in [-0.4, -0.2) is 23.0 Å². The number of nitriles is 1. The van der Waals surface area contributed by atoms with Crippen molar-refractivity contribution in [3.05, 3.63) is 47.9 Å². The van der Waals surface area contributed by atoms with E-state index in [-0.39, 0.29) is 11.6 Å². The fraction of sp³-hybridized carbons (Fsp3) is 0.143. The molecule has 2 aromatic rings. The quantitative estimate of drug-likeness (QED) is 0.790. The molecular formula is C14H11N3O3. The highest BCUT2D eigenvalue weighted by molar-refractivity contribution is 5.86. The van der Waals surface area contributed by atoms with Gasteiger partial charge in [-0.05, 0) is 17.7 Å². The van der Waals surface area contributed by atoms with Crippen LogP contribution in [0.3, 0.4) is 0 Å². The van der Waals surface area contributed by atoms with Gasteiger partial charge in [0.15, 0.2) is 5.69 Å². The normalized spacial score (nSPS) is 9.60. The maximum atomic E-state index is 11.2. The first kappa shape index (κ1) is 13.5. The zero-order valence-corrected chi connectivity index (χ0v) is 10.7. The second-order valence-corrected chi connectivity index (χ2v) is 3.81. The second kappa shape index (κ2) is 6.29. The van der Waals surface area contributed by atoms with Crippen LogP contribution in [0, 0.1) is 11.3 Å². The summed E-state index contributed by atoms with van der Waals surface area (Å²) in [6, 6.07) is 9.15. The molecule has 20 heavy (non-hydrogen) atoms. The molecule has 0 bridgehead atoms. The zero-order chi connectivity index (χ0) is 14.4. The number of rotatable bonds is 4. The van der Waals surface area contributed by atoms with E-state index in [1.165, 1.54) is 19.5 Å². The van der Waals surface area contributed by atoms with E-state index in [0.29, 0.717) is 12.2 Å². The van der Waals surface area contributed by atoms with Gasteiger partial charge in [-0.1, -0.05) is 12.1 Å². The van der Waals surface area contributed by atoms with E-state index in [2.05, 4.69) is 20.8 Å². The lowest BCUT2D eigenvalue weighted by Gasteiger charge is -2.05. The zero-order valence-electron chi connectivity index (χ0n) is 10.7. The summed E-state index contributed by atoms with van der Waals surface area (Å²) in [5.74, 6) is 0.294. The van der Waals surface area contributed by atoms with E-state index >= 15 is 0 Å². The van der Waals surface area contributed by atoms with Crippen LogP contribution in [-0.2, 0) is 11.2 Å². The van der Waals surface area contributed by atoms with E-state index in [1.54, 1.807) is 24.3 Å². The molecule has 0 aliphatic rings. The van der Waals surface area contributed by atoms with Gasteiger partial charge in [-0.25, -0.2) is 14.8 Å². The summed E-state index contributed by atoms with van der Waals surface area (Å²) in [4.78, 5) is 19.0. The molecule has 0 amide bonds. The Balaban J connectivity index is 2.06. The lowest BCUT2D eigenvalue weighted by atomic mass is 10.2. The number of esters is 1. The standard InChI is InChI=1S/C14H11N3O3/c1-19-14(18)12-8-17-13(9-16-12)20-11-4-2-10(3-5-11)6-7-15/h2-5,8-9H,6H2,1H3. The Labute approximate surface area is 115 Å². The van der Waals surface area contributed by atoms with Gasteiger partial charge in [0, 0.05) is 0 Å². The smallest absolute Gasteiger partial charge is 0.358 e. The Morgan fingerprint density at radius 1 is 1.25 bits per heavy atom. The van der Waals surface area contributed by atoms with Crippen molar-refractivity contribution in [2.45, 2.75) is 6.42 Å². The number of carbonyl (C=O) groups excluding carboxylic acids is 1. The van der Waals surface area contributed by atoms with E-state index in [4.69, 9.17) is 10.00 Å². The van der Waals surface area contributed by atoms with Crippen LogP contribution in [0.4, 0.5) is 0 Å². The summed E-state index contributed by atoms with van der Waals surface area (Å²) in [7, 11) is 1.28. The Hall–Kier alpha value is -2.94. The summed E-state index contributed by atoms with van der Waals surface area (Å²) < 4.78 is 9.99. The van der Waals surface area contributed by atoms with Crippen LogP contribution in [0.15, 0.2) is 36.7 Å². The van der Waals surface area contributed by atoms with Crippen molar-refractivity contribution in [3.63, 3.8) is 0 Å². The fourth-order valence-corrected chi connectivity index (χ4v) is 1.47. The molecule has 0 unspecified atom stereocenters. The lowest BCUT2D eigenvalue weighted by molar-refractivity contribution is 0.0593. The molecule has 1 aromatic carbocycles. The number of nitrogens with zero attached hydrogens (tertiary/aromatic N) is 3. The number of hydrogen-bond acceptors (Lipinski definition) is 6. The first-order valence-electron chi connectivity index (χ1n) is 5.77. The van der Waals surface area contributed by atoms with Gasteiger partial charge in [0.25, 0.3) is 0 Å². The van der Waals surface area contributed by atoms with Gasteiger partial charge in [0.2, 0.25) is 5.88 Å². The Morgan fingerprint density at radius 2 is 2.00 bits per heavy atom. The average molecular weight is 269 g/mol. The van der Waals surface area contributed by atoms with Crippen LogP contribution in [0.25, 0.3) is 0 Å². The number of carbonyl (C=O) groups is 1. The molecule has 0 N–H and O–H groups in total. The van der Waals surface area contributed by atoms with Crippen molar-refractivity contribution in [2.24, 2.45) is 0 Å². The fourth-order valence-electron chi connectivity index (χ4n) is 1.47. The molecule has 6 heteroatoms. The van der Waals surface area contributed by atoms with E-state index in [1.807, 2.05) is 0 Å². The van der Waals surface area contributed by atoms with Crippen molar-refractivity contribution < 1.29 is 14.3 Å². The topological polar surface area (TPSA) is 85.1 Å². The van der Waals surface area contributed by atoms with Crippen molar-refractivity contribution in [2.75, 3.05) is 7.11 Å². The summed E-state index contributed by atoms with van der Waals surface area (Å²) in [6.07, 6.45) is 2.98. The Bertz CT molecular complexity index is 630. The second-order valence-electron chi connectivity index (χ2n) is 3.81. The van der Waals surface area contributed by atoms with Gasteiger partial charge in [-0.2, -0.15) is 5.26 Å². The summed E-state index contributed by atoms with van der Waals surface area (Å²) >= 11 is 0. The summed E-state index contributed by atoms with van der Waals surface area (Å²) in [5, 5.41) is 8.58. The first-order valence-corrected chi connectivity index (χ1v) is 5.77. The highest BCUT2D eigenvalue weighted by Crippen LogP contribution is 2.19. The molecular weight excluding hydrogens is 258 g/mol. The van der Waals surface area contributed by atoms with Gasteiger partial charge in [0.05, 0.1) is 32.0 Å². The van der Waals surface area contributed by atoms with Gasteiger partial charge in [0.1, 0.15) is 5.75 Å². The summed E-state index contributed by atoms with van der Waals surface area (Å²) in [6.45, 7) is 0. The molecule has 0 aliphatic heterocycles. The molecule has 6 nitrogen and oxygen atoms in total. The van der Waals surface area contributed by atoms with E-state index < -0.39 is 5.97 Å². The van der Waals surface area contributed by atoms with Crippen molar-refractivity contribution >= 4 is 5.97 Å². The van der Waals surface area contributed by atoms with Crippen molar-refractivity contribution in [1.82, 2.24) is 9.97 Å². The lowest BCUT2D eigenvalue weighted by Crippen LogP contribution is -2.04. The predicted molar refractivity (Wildman–Crippen MR) is 69.2 cm³/mol. The highest BCUT2D eigenvalue weighted by atomic mass is 16.5. The minimum Gasteiger partial charge on any atom is -0.464 e. The Kier molecular flexibility index (Phi) is 4.24. The van der Waals surface area contributed by atoms with Gasteiger partial charge < -0.3 is 9.47 Å². The molecule has 100 valence electrons. The van der Waals surface area contributed by atoms with Crippen LogP contribution < -0.4 is 4.74 Å². The molecule has 0 atom stereocenters. The predicted octanol–water partition coefficient (Wildman–Crippen LogP) is 2.12. The third kappa shape index (κ3) is 3.29. The first-order chi connectivity index (χ1) is 9.72. The van der Waals surface area contributed by atoms with Crippen molar-refractivity contribution in [1.29, 1.82) is 5.26 Å². The maximum Gasteiger partial charge on any atom is 0.358 e. The van der Waals surface area contributed by atoms with E-state index in [0.717, 1.165) is 5.56 Å². The molecule has 0 fully saturated rings. The monoisotopic (exact) mass is 269 g/mol. The third-order valence-electron chi connectivity index (χ3n) is 2.45. The maximum absolute atomic E-state index is 11.2. The molecule has 0 aliphatic carbocycles. The average Bonchev–Trinajstić information content (AvgIpc) is 2.49. The largest absolute Gasteiger partial charge is 0.464 e. The minimum atomic E-state index is -0.551. The van der Waals surface area contributed by atoms with Gasteiger partial charge in [-0.15, -0.1) is 0 Å². The van der Waals surface area contributed by atoms with Gasteiger partial charge in [-0.3, -0.25) is 0 Å². The summed E-state index contributed by atoms with van der Waals surface area (Å²) in [5.41, 5.74) is 1.02. The molecule has 2 rings (SSSR count). The van der Waals surface area contributed by atoms with Gasteiger partial charge >= 0.3 is 5.97 Å². The van der Waals surface area contributed by atoms with Crippen LogP contribution in [0.5, 0.6) is 11.6 Å². The van der Waals surface area contributed by atoms with Crippen LogP contribution >= 0.6 is 0 Å². The molecule has 0 saturated heterocycles. The molecule has 0 spiro atoms. The SMILES string of the molecule is COC(=O)c1cnc(Oc2ccc(CC#N)cc2)cn1. The van der Waals surface area contributed by atoms with E-state index in [9.17, 15) is 4.79 Å². The molecule has 1 heterocycles. The van der Waals surface area contributed by atoms with Crippen LogP contribution in [0.2, 0.25) is 0 Å². The third-order valence-corrected chi connectivity index (χ3v) is 2.45. The number of ether oxygens (including phenoxy) is 2. The number of methoxy groups -OCH3 is 1.